The van der Waals surface area contributed by atoms with E-state index >= 15 is 4.39 Å². The molecule has 1 aliphatic heterocycles. The van der Waals surface area contributed by atoms with Crippen LogP contribution in [-0.4, -0.2) is 46.2 Å². The molecule has 42 heavy (non-hydrogen) atoms. The zero-order chi connectivity index (χ0) is 30.4. The fourth-order valence-corrected chi connectivity index (χ4v) is 5.39. The molecule has 0 spiro atoms. The van der Waals surface area contributed by atoms with Gasteiger partial charge in [-0.05, 0) is 67.6 Å². The van der Waals surface area contributed by atoms with E-state index < -0.39 is 41.3 Å². The average Bonchev–Trinajstić information content (AvgIpc) is 3.50. The fraction of sp³-hybridized carbons (Fsp3) is 0.387. The molecule has 7 nitrogen and oxygen atoms in total. The zero-order valence-electron chi connectivity index (χ0n) is 22.9. The topological polar surface area (TPSA) is 105 Å². The first-order valence-electron chi connectivity index (χ1n) is 13.4. The number of hydrogen-bond acceptors (Lipinski definition) is 6. The summed E-state index contributed by atoms with van der Waals surface area (Å²) >= 11 is 0. The van der Waals surface area contributed by atoms with Crippen molar-refractivity contribution >= 4 is 5.97 Å². The van der Waals surface area contributed by atoms with E-state index in [4.69, 9.17) is 19.3 Å². The smallest absolute Gasteiger partial charge is 0.417 e. The maximum absolute atomic E-state index is 15.3. The molecule has 0 saturated heterocycles. The van der Waals surface area contributed by atoms with E-state index in [0.717, 1.165) is 5.56 Å². The van der Waals surface area contributed by atoms with E-state index in [0.29, 0.717) is 17.6 Å². The van der Waals surface area contributed by atoms with Crippen LogP contribution in [0.5, 0.6) is 17.2 Å². The van der Waals surface area contributed by atoms with Crippen LogP contribution in [-0.2, 0) is 17.4 Å². The summed E-state index contributed by atoms with van der Waals surface area (Å²) < 4.78 is 74.9. The van der Waals surface area contributed by atoms with Gasteiger partial charge in [0.1, 0.15) is 41.9 Å². The van der Waals surface area contributed by atoms with Crippen molar-refractivity contribution in [3.05, 3.63) is 76.6 Å². The molecule has 0 fully saturated rings. The Morgan fingerprint density at radius 3 is 2.43 bits per heavy atom. The summed E-state index contributed by atoms with van der Waals surface area (Å²) in [5, 5.41) is 29.0. The molecule has 1 aliphatic carbocycles. The number of carbonyl (C=O) groups is 1. The van der Waals surface area contributed by atoms with Crippen molar-refractivity contribution in [2.75, 3.05) is 13.2 Å². The van der Waals surface area contributed by atoms with E-state index in [1.54, 1.807) is 18.2 Å². The first kappa shape index (κ1) is 29.7. The van der Waals surface area contributed by atoms with Crippen LogP contribution in [0.25, 0.3) is 11.1 Å². The molecule has 0 radical (unpaired) electrons. The number of aliphatic hydroxyl groups excluding tert-OH is 1. The molecule has 2 aliphatic rings. The highest BCUT2D eigenvalue weighted by atomic mass is 19.4. The molecular weight excluding hydrogens is 560 g/mol. The number of benzene rings is 3. The largest absolute Gasteiger partial charge is 0.492 e. The van der Waals surface area contributed by atoms with Crippen LogP contribution >= 0.6 is 0 Å². The van der Waals surface area contributed by atoms with Gasteiger partial charge in [0.2, 0.25) is 0 Å². The number of carboxylic acid groups (broad SMARTS) is 1. The van der Waals surface area contributed by atoms with Crippen molar-refractivity contribution in [1.82, 2.24) is 0 Å². The van der Waals surface area contributed by atoms with Crippen molar-refractivity contribution < 1.29 is 51.9 Å². The number of hydrogen-bond donors (Lipinski definition) is 3. The van der Waals surface area contributed by atoms with E-state index in [1.165, 1.54) is 38.1 Å². The molecule has 3 N–H and O–H groups in total. The summed E-state index contributed by atoms with van der Waals surface area (Å²) in [6, 6.07) is 11.2. The number of aliphatic hydroxyl groups is 2. The Hall–Kier alpha value is -3.83. The second-order valence-electron chi connectivity index (χ2n) is 11.1. The van der Waals surface area contributed by atoms with Gasteiger partial charge in [-0.2, -0.15) is 13.2 Å². The van der Waals surface area contributed by atoms with Gasteiger partial charge in [-0.1, -0.05) is 18.2 Å². The Morgan fingerprint density at radius 1 is 1.10 bits per heavy atom. The van der Waals surface area contributed by atoms with Crippen molar-refractivity contribution in [2.45, 2.75) is 63.0 Å². The lowest BCUT2D eigenvalue weighted by Gasteiger charge is -2.24. The highest BCUT2D eigenvalue weighted by molar-refractivity contribution is 5.75. The van der Waals surface area contributed by atoms with Gasteiger partial charge < -0.3 is 29.5 Å². The summed E-state index contributed by atoms with van der Waals surface area (Å²) in [4.78, 5) is 11.1. The van der Waals surface area contributed by atoms with Crippen LogP contribution < -0.4 is 14.2 Å². The molecule has 0 amide bonds. The third-order valence-corrected chi connectivity index (χ3v) is 7.64. The van der Waals surface area contributed by atoms with E-state index in [1.807, 2.05) is 0 Å². The number of fused-ring (bicyclic) bond motifs is 2. The van der Waals surface area contributed by atoms with E-state index in [9.17, 15) is 28.2 Å². The molecule has 224 valence electrons. The molecule has 1 heterocycles. The maximum Gasteiger partial charge on any atom is 0.417 e. The number of alkyl halides is 3. The lowest BCUT2D eigenvalue weighted by atomic mass is 9.91. The molecular formula is C31H30F4O7. The molecule has 3 aromatic carbocycles. The third kappa shape index (κ3) is 6.03. The molecule has 1 unspecified atom stereocenters. The molecule has 0 aromatic heterocycles. The number of carboxylic acids is 1. The number of halogens is 4. The molecule has 11 heteroatoms. The molecule has 5 rings (SSSR count). The normalized spacial score (nSPS) is 18.7. The number of ether oxygens (including phenoxy) is 3. The van der Waals surface area contributed by atoms with Crippen molar-refractivity contribution in [3.63, 3.8) is 0 Å². The Labute approximate surface area is 239 Å². The van der Waals surface area contributed by atoms with Gasteiger partial charge >= 0.3 is 12.1 Å². The van der Waals surface area contributed by atoms with Crippen LogP contribution in [0, 0.1) is 5.82 Å². The third-order valence-electron chi connectivity index (χ3n) is 7.64. The van der Waals surface area contributed by atoms with Crippen molar-refractivity contribution in [1.29, 1.82) is 0 Å². The molecule has 0 saturated carbocycles. The van der Waals surface area contributed by atoms with Crippen molar-refractivity contribution in [3.8, 4) is 28.4 Å². The Balaban J connectivity index is 1.43. The minimum Gasteiger partial charge on any atom is -0.492 e. The predicted octanol–water partition coefficient (Wildman–Crippen LogP) is 6.04. The Kier molecular flexibility index (Phi) is 7.84. The molecule has 3 aromatic rings. The minimum absolute atomic E-state index is 0.0526. The van der Waals surface area contributed by atoms with Gasteiger partial charge in [0.25, 0.3) is 0 Å². The summed E-state index contributed by atoms with van der Waals surface area (Å²) in [7, 11) is 0. The Morgan fingerprint density at radius 2 is 1.79 bits per heavy atom. The highest BCUT2D eigenvalue weighted by Crippen LogP contribution is 2.48. The lowest BCUT2D eigenvalue weighted by Crippen LogP contribution is -2.40. The monoisotopic (exact) mass is 590 g/mol. The van der Waals surface area contributed by atoms with Crippen LogP contribution in [0.15, 0.2) is 48.5 Å². The Bertz CT molecular complexity index is 1480. The van der Waals surface area contributed by atoms with Gasteiger partial charge in [0.05, 0.1) is 24.2 Å². The zero-order valence-corrected chi connectivity index (χ0v) is 22.9. The second kappa shape index (κ2) is 11.1. The molecule has 0 bridgehead atoms. The first-order valence-corrected chi connectivity index (χ1v) is 13.4. The maximum atomic E-state index is 15.3. The average molecular weight is 591 g/mol. The number of rotatable bonds is 9. The van der Waals surface area contributed by atoms with Gasteiger partial charge in [-0.15, -0.1) is 0 Å². The lowest BCUT2D eigenvalue weighted by molar-refractivity contribution is -0.138. The van der Waals surface area contributed by atoms with E-state index in [2.05, 4.69) is 0 Å². The standard InChI is InChI=1S/C31H30F4O7/c1-30(2,39)26(36)15-40-18-5-3-16(4-6-18)28-21-9-10-24(29(21)23(32)13-22(28)31(33,34)35)42-19-7-8-20-17(11-27(37)38)14-41-25(20)12-19/h3-8,12-13,17,24,26,36,39H,9-11,14-15H2,1-2H3,(H,37,38)/t17-,24?,26+/m1/s1. The minimum atomic E-state index is -4.82. The molecule has 3 atom stereocenters. The SMILES string of the molecule is CC(C)(O)[C@@H](O)COc1ccc(-c2c(C(F)(F)F)cc(F)c3c2CCC3Oc2ccc3c(c2)OC[C@H]3CC(=O)O)cc1. The summed E-state index contributed by atoms with van der Waals surface area (Å²) in [6.07, 6.45) is -6.55. The van der Waals surface area contributed by atoms with Crippen molar-refractivity contribution in [2.24, 2.45) is 0 Å². The van der Waals surface area contributed by atoms with Crippen LogP contribution in [0.3, 0.4) is 0 Å². The van der Waals surface area contributed by atoms with Gasteiger partial charge in [-0.3, -0.25) is 4.79 Å². The summed E-state index contributed by atoms with van der Waals surface area (Å²) in [5.41, 5.74) is -1.44. The van der Waals surface area contributed by atoms with Gasteiger partial charge in [-0.25, -0.2) is 4.39 Å². The fourth-order valence-electron chi connectivity index (χ4n) is 5.39. The van der Waals surface area contributed by atoms with Gasteiger partial charge in [0.15, 0.2) is 0 Å². The predicted molar refractivity (Wildman–Crippen MR) is 143 cm³/mol. The first-order chi connectivity index (χ1) is 19.7. The van der Waals surface area contributed by atoms with Gasteiger partial charge in [0, 0.05) is 23.1 Å². The van der Waals surface area contributed by atoms with Crippen LogP contribution in [0.2, 0.25) is 0 Å². The quantitative estimate of drug-likeness (QED) is 0.261. The second-order valence-corrected chi connectivity index (χ2v) is 11.1. The highest BCUT2D eigenvalue weighted by Gasteiger charge is 2.40. The van der Waals surface area contributed by atoms with Crippen LogP contribution in [0.1, 0.15) is 61.0 Å². The summed E-state index contributed by atoms with van der Waals surface area (Å²) in [6.45, 7) is 2.82. The van der Waals surface area contributed by atoms with Crippen LogP contribution in [0.4, 0.5) is 17.6 Å². The number of aliphatic carboxylic acids is 1. The summed E-state index contributed by atoms with van der Waals surface area (Å²) in [5.74, 6) is -1.19. The van der Waals surface area contributed by atoms with E-state index in [-0.39, 0.29) is 66.4 Å².